The third kappa shape index (κ3) is 6.46. The quantitative estimate of drug-likeness (QED) is 0.827. The number of rotatable bonds is 6. The number of carbonyl (C=O) groups is 2. The molecule has 1 aromatic rings. The first kappa shape index (κ1) is 16.4. The first-order valence-corrected chi connectivity index (χ1v) is 7.13. The molecule has 0 aliphatic carbocycles. The van der Waals surface area contributed by atoms with Gasteiger partial charge in [-0.1, -0.05) is 5.16 Å². The molecular weight excluding hydrogens is 284 g/mol. The summed E-state index contributed by atoms with van der Waals surface area (Å²) in [6, 6.07) is 0.683. The second-order valence-electron chi connectivity index (χ2n) is 5.03. The van der Waals surface area contributed by atoms with Crippen molar-refractivity contribution < 1.29 is 24.0 Å². The highest BCUT2D eigenvalue weighted by atomic mass is 32.2. The van der Waals surface area contributed by atoms with Crippen LogP contribution in [-0.4, -0.2) is 39.7 Å². The van der Waals surface area contributed by atoms with E-state index in [1.54, 1.807) is 26.8 Å². The Balaban J connectivity index is 2.40. The number of carboxylic acids is 1. The van der Waals surface area contributed by atoms with Gasteiger partial charge in [0.15, 0.2) is 0 Å². The molecule has 0 bridgehead atoms. The minimum Gasteiger partial charge on any atom is -0.480 e. The van der Waals surface area contributed by atoms with Crippen LogP contribution in [-0.2, 0) is 15.3 Å². The molecule has 20 heavy (non-hydrogen) atoms. The van der Waals surface area contributed by atoms with Crippen molar-refractivity contribution in [3.8, 4) is 0 Å². The van der Waals surface area contributed by atoms with Gasteiger partial charge in [0.25, 0.3) is 0 Å². The summed E-state index contributed by atoms with van der Waals surface area (Å²) in [6.45, 7) is 5.13. The van der Waals surface area contributed by atoms with Gasteiger partial charge in [-0.25, -0.2) is 9.59 Å². The summed E-state index contributed by atoms with van der Waals surface area (Å²) in [7, 11) is 0. The van der Waals surface area contributed by atoms with E-state index in [2.05, 4.69) is 10.5 Å². The van der Waals surface area contributed by atoms with Crippen molar-refractivity contribution in [3.05, 3.63) is 18.0 Å². The summed E-state index contributed by atoms with van der Waals surface area (Å²) in [6.07, 6.45) is 0.772. The third-order valence-electron chi connectivity index (χ3n) is 2.01. The Bertz CT molecular complexity index is 441. The number of carboxylic acid groups (broad SMARTS) is 1. The van der Waals surface area contributed by atoms with E-state index in [0.717, 1.165) is 0 Å². The molecule has 0 radical (unpaired) electrons. The third-order valence-corrected chi connectivity index (χ3v) is 3.07. The zero-order chi connectivity index (χ0) is 15.2. The Kier molecular flexibility index (Phi) is 5.87. The summed E-state index contributed by atoms with van der Waals surface area (Å²) in [5.74, 6) is 0.229. The minimum atomic E-state index is -1.11. The van der Waals surface area contributed by atoms with Crippen molar-refractivity contribution in [2.75, 3.05) is 5.75 Å². The summed E-state index contributed by atoms with van der Waals surface area (Å²) in [5, 5.41) is 14.9. The number of ether oxygens (including phenoxy) is 1. The molecule has 0 saturated carbocycles. The van der Waals surface area contributed by atoms with Crippen molar-refractivity contribution in [2.45, 2.75) is 38.2 Å². The van der Waals surface area contributed by atoms with E-state index in [9.17, 15) is 9.59 Å². The molecule has 0 spiro atoms. The van der Waals surface area contributed by atoms with Crippen LogP contribution in [0.4, 0.5) is 4.79 Å². The molecule has 8 heteroatoms. The van der Waals surface area contributed by atoms with Crippen molar-refractivity contribution in [2.24, 2.45) is 0 Å². The van der Waals surface area contributed by atoms with Crippen LogP contribution in [0.3, 0.4) is 0 Å². The lowest BCUT2D eigenvalue weighted by Crippen LogP contribution is -2.44. The normalized spacial score (nSPS) is 12.8. The van der Waals surface area contributed by atoms with Crippen LogP contribution < -0.4 is 5.32 Å². The zero-order valence-electron chi connectivity index (χ0n) is 11.6. The van der Waals surface area contributed by atoms with Gasteiger partial charge in [0.05, 0.1) is 11.9 Å². The predicted octanol–water partition coefficient (Wildman–Crippen LogP) is 1.89. The molecule has 0 aromatic carbocycles. The van der Waals surface area contributed by atoms with Gasteiger partial charge in [-0.15, -0.1) is 0 Å². The van der Waals surface area contributed by atoms with Gasteiger partial charge in [-0.2, -0.15) is 11.8 Å². The average molecular weight is 302 g/mol. The topological polar surface area (TPSA) is 102 Å². The number of nitrogens with one attached hydrogen (secondary N) is 1. The zero-order valence-corrected chi connectivity index (χ0v) is 12.4. The van der Waals surface area contributed by atoms with Crippen LogP contribution in [0, 0.1) is 0 Å². The fourth-order valence-electron chi connectivity index (χ4n) is 1.22. The highest BCUT2D eigenvalue weighted by Gasteiger charge is 2.23. The maximum Gasteiger partial charge on any atom is 0.408 e. The van der Waals surface area contributed by atoms with Crippen LogP contribution in [0.5, 0.6) is 0 Å². The molecule has 1 aromatic heterocycles. The Hall–Kier alpha value is -1.70. The number of aliphatic carboxylic acids is 1. The lowest BCUT2D eigenvalue weighted by molar-refractivity contribution is -0.138. The second-order valence-corrected chi connectivity index (χ2v) is 6.06. The molecule has 1 rings (SSSR count). The molecule has 1 heterocycles. The largest absolute Gasteiger partial charge is 0.480 e. The van der Waals surface area contributed by atoms with Crippen molar-refractivity contribution in [1.82, 2.24) is 10.5 Å². The smallest absolute Gasteiger partial charge is 0.408 e. The molecule has 1 amide bonds. The van der Waals surface area contributed by atoms with Gasteiger partial charge in [0, 0.05) is 11.8 Å². The molecule has 1 unspecified atom stereocenters. The van der Waals surface area contributed by atoms with Crippen LogP contribution in [0.2, 0.25) is 0 Å². The van der Waals surface area contributed by atoms with E-state index in [1.807, 2.05) is 0 Å². The summed E-state index contributed by atoms with van der Waals surface area (Å²) in [4.78, 5) is 22.6. The van der Waals surface area contributed by atoms with Gasteiger partial charge >= 0.3 is 12.1 Å². The van der Waals surface area contributed by atoms with Gasteiger partial charge in [0.2, 0.25) is 0 Å². The van der Waals surface area contributed by atoms with E-state index in [1.165, 1.54) is 18.0 Å². The fourth-order valence-corrected chi connectivity index (χ4v) is 2.15. The molecule has 1 atom stereocenters. The maximum atomic E-state index is 11.5. The summed E-state index contributed by atoms with van der Waals surface area (Å²) < 4.78 is 9.91. The van der Waals surface area contributed by atoms with Crippen LogP contribution >= 0.6 is 11.8 Å². The highest BCUT2D eigenvalue weighted by molar-refractivity contribution is 7.98. The van der Waals surface area contributed by atoms with E-state index in [-0.39, 0.29) is 5.75 Å². The molecule has 112 valence electrons. The Morgan fingerprint density at radius 2 is 2.25 bits per heavy atom. The van der Waals surface area contributed by atoms with Crippen molar-refractivity contribution in [1.29, 1.82) is 0 Å². The van der Waals surface area contributed by atoms with E-state index in [4.69, 9.17) is 14.4 Å². The number of nitrogens with zero attached hydrogens (tertiary/aromatic N) is 1. The van der Waals surface area contributed by atoms with Crippen molar-refractivity contribution in [3.63, 3.8) is 0 Å². The monoisotopic (exact) mass is 302 g/mol. The number of hydrogen-bond donors (Lipinski definition) is 2. The number of alkyl carbamates (subject to hydrolysis) is 1. The number of carbonyl (C=O) groups excluding carboxylic acids is 1. The first-order valence-electron chi connectivity index (χ1n) is 5.97. The van der Waals surface area contributed by atoms with Crippen LogP contribution in [0.15, 0.2) is 16.8 Å². The Morgan fingerprint density at radius 1 is 1.55 bits per heavy atom. The van der Waals surface area contributed by atoms with E-state index < -0.39 is 23.7 Å². The van der Waals surface area contributed by atoms with Crippen LogP contribution in [0.25, 0.3) is 0 Å². The highest BCUT2D eigenvalue weighted by Crippen LogP contribution is 2.13. The molecule has 0 aliphatic rings. The lowest BCUT2D eigenvalue weighted by atomic mass is 10.2. The minimum absolute atomic E-state index is 0.204. The standard InChI is InChI=1S/C12H18N2O5S/c1-12(2,3)18-11(17)14-9(10(15)16)7-20-6-8-4-5-13-19-8/h4-5,9H,6-7H2,1-3H3,(H,14,17)(H,15,16). The second kappa shape index (κ2) is 7.18. The molecular formula is C12H18N2O5S. The van der Waals surface area contributed by atoms with Crippen LogP contribution in [0.1, 0.15) is 26.5 Å². The predicted molar refractivity (Wildman–Crippen MR) is 73.5 cm³/mol. The van der Waals surface area contributed by atoms with Gasteiger partial charge < -0.3 is 19.7 Å². The maximum absolute atomic E-state index is 11.5. The molecule has 0 aliphatic heterocycles. The summed E-state index contributed by atoms with van der Waals surface area (Å²) in [5.41, 5.74) is -0.667. The van der Waals surface area contributed by atoms with E-state index >= 15 is 0 Å². The van der Waals surface area contributed by atoms with Gasteiger partial charge in [0.1, 0.15) is 17.4 Å². The summed E-state index contributed by atoms with van der Waals surface area (Å²) >= 11 is 1.32. The molecule has 2 N–H and O–H groups in total. The van der Waals surface area contributed by atoms with Gasteiger partial charge in [-0.3, -0.25) is 0 Å². The van der Waals surface area contributed by atoms with E-state index in [0.29, 0.717) is 11.5 Å². The number of hydrogen-bond acceptors (Lipinski definition) is 6. The van der Waals surface area contributed by atoms with Gasteiger partial charge in [-0.05, 0) is 20.8 Å². The molecule has 0 fully saturated rings. The van der Waals surface area contributed by atoms with Crippen molar-refractivity contribution >= 4 is 23.8 Å². The molecule has 7 nitrogen and oxygen atoms in total. The first-order chi connectivity index (χ1) is 9.28. The number of amides is 1. The molecule has 0 saturated heterocycles. The number of aromatic nitrogens is 1. The fraction of sp³-hybridized carbons (Fsp3) is 0.583. The average Bonchev–Trinajstić information content (AvgIpc) is 2.77. The number of thioether (sulfide) groups is 1. The lowest BCUT2D eigenvalue weighted by Gasteiger charge is -2.21. The SMILES string of the molecule is CC(C)(C)OC(=O)NC(CSCc1ccno1)C(=O)O. The Labute approximate surface area is 121 Å². The Morgan fingerprint density at radius 3 is 2.75 bits per heavy atom.